The number of carbonyl (C=O) groups is 2. The predicted octanol–water partition coefficient (Wildman–Crippen LogP) is 2.95. The van der Waals surface area contributed by atoms with E-state index >= 15 is 0 Å². The number of nitrogens with one attached hydrogen (secondary N) is 2. The molecule has 2 aromatic rings. The first kappa shape index (κ1) is 16.7. The van der Waals surface area contributed by atoms with E-state index in [1.54, 1.807) is 12.1 Å². The Bertz CT molecular complexity index is 661. The van der Waals surface area contributed by atoms with Crippen LogP contribution in [0.25, 0.3) is 0 Å². The van der Waals surface area contributed by atoms with Gasteiger partial charge in [0.25, 0.3) is 5.91 Å². The van der Waals surface area contributed by atoms with Crippen LogP contribution < -0.4 is 10.9 Å². The highest BCUT2D eigenvalue weighted by atomic mass is 16.2. The maximum Gasteiger partial charge on any atom is 0.269 e. The van der Waals surface area contributed by atoms with Gasteiger partial charge >= 0.3 is 0 Å². The number of hydrogen-bond donors (Lipinski definition) is 2. The maximum absolute atomic E-state index is 11.9. The van der Waals surface area contributed by atoms with Gasteiger partial charge in [-0.15, -0.1) is 0 Å². The van der Waals surface area contributed by atoms with Crippen LogP contribution >= 0.6 is 0 Å². The summed E-state index contributed by atoms with van der Waals surface area (Å²) in [5.41, 5.74) is 8.89. The molecule has 0 bridgehead atoms. The minimum absolute atomic E-state index is 0.205. The molecule has 0 saturated carbocycles. The molecule has 0 saturated heterocycles. The van der Waals surface area contributed by atoms with Gasteiger partial charge in [-0.1, -0.05) is 48.9 Å². The largest absolute Gasteiger partial charge is 0.273 e. The SMILES string of the molecule is CCc1ccc(C(=O)NNC(=O)CCc2ccc(C)cc2)cc1. The van der Waals surface area contributed by atoms with Crippen molar-refractivity contribution in [1.29, 1.82) is 0 Å². The molecule has 2 amide bonds. The van der Waals surface area contributed by atoms with Crippen molar-refractivity contribution in [3.05, 3.63) is 70.8 Å². The van der Waals surface area contributed by atoms with E-state index in [-0.39, 0.29) is 11.8 Å². The van der Waals surface area contributed by atoms with Crippen LogP contribution in [0, 0.1) is 6.92 Å². The third-order valence-electron chi connectivity index (χ3n) is 3.70. The van der Waals surface area contributed by atoms with Gasteiger partial charge in [0, 0.05) is 12.0 Å². The first-order chi connectivity index (χ1) is 11.1. The third-order valence-corrected chi connectivity index (χ3v) is 3.70. The minimum atomic E-state index is -0.309. The molecule has 0 radical (unpaired) electrons. The van der Waals surface area contributed by atoms with Crippen molar-refractivity contribution in [2.75, 3.05) is 0 Å². The normalized spacial score (nSPS) is 10.2. The Kier molecular flexibility index (Phi) is 5.92. The first-order valence-electron chi connectivity index (χ1n) is 7.82. The Morgan fingerprint density at radius 2 is 1.48 bits per heavy atom. The van der Waals surface area contributed by atoms with Crippen LogP contribution in [0.15, 0.2) is 48.5 Å². The lowest BCUT2D eigenvalue weighted by atomic mass is 10.1. The summed E-state index contributed by atoms with van der Waals surface area (Å²) >= 11 is 0. The Balaban J connectivity index is 1.76. The van der Waals surface area contributed by atoms with Crippen molar-refractivity contribution in [3.63, 3.8) is 0 Å². The molecule has 2 N–H and O–H groups in total. The van der Waals surface area contributed by atoms with E-state index in [0.29, 0.717) is 18.4 Å². The zero-order valence-electron chi connectivity index (χ0n) is 13.6. The number of rotatable bonds is 5. The fourth-order valence-electron chi connectivity index (χ4n) is 2.17. The molecule has 4 heteroatoms. The second kappa shape index (κ2) is 8.13. The molecule has 0 atom stereocenters. The fourth-order valence-corrected chi connectivity index (χ4v) is 2.17. The summed E-state index contributed by atoms with van der Waals surface area (Å²) in [5.74, 6) is -0.513. The number of hydrazine groups is 1. The van der Waals surface area contributed by atoms with Crippen LogP contribution in [0.4, 0.5) is 0 Å². The van der Waals surface area contributed by atoms with E-state index in [0.717, 1.165) is 12.0 Å². The second-order valence-electron chi connectivity index (χ2n) is 5.54. The molecule has 0 aliphatic heterocycles. The van der Waals surface area contributed by atoms with Crippen molar-refractivity contribution < 1.29 is 9.59 Å². The summed E-state index contributed by atoms with van der Waals surface area (Å²) in [6, 6.07) is 15.4. The summed E-state index contributed by atoms with van der Waals surface area (Å²) in [6.07, 6.45) is 1.91. The van der Waals surface area contributed by atoms with Gasteiger partial charge in [-0.05, 0) is 43.0 Å². The molecule has 23 heavy (non-hydrogen) atoms. The van der Waals surface area contributed by atoms with Gasteiger partial charge in [0.1, 0.15) is 0 Å². The number of aryl methyl sites for hydroxylation is 3. The molecular weight excluding hydrogens is 288 g/mol. The number of carbonyl (C=O) groups excluding carboxylic acids is 2. The van der Waals surface area contributed by atoms with E-state index in [1.165, 1.54) is 11.1 Å². The third kappa shape index (κ3) is 5.25. The van der Waals surface area contributed by atoms with Gasteiger partial charge in [-0.3, -0.25) is 20.4 Å². The molecular formula is C19H22N2O2. The second-order valence-corrected chi connectivity index (χ2v) is 5.54. The first-order valence-corrected chi connectivity index (χ1v) is 7.82. The summed E-state index contributed by atoms with van der Waals surface area (Å²) in [7, 11) is 0. The van der Waals surface area contributed by atoms with E-state index in [2.05, 4.69) is 17.8 Å². The van der Waals surface area contributed by atoms with Gasteiger partial charge in [-0.2, -0.15) is 0 Å². The van der Waals surface area contributed by atoms with Crippen LogP contribution in [-0.2, 0) is 17.6 Å². The molecule has 0 aliphatic rings. The van der Waals surface area contributed by atoms with E-state index in [4.69, 9.17) is 0 Å². The van der Waals surface area contributed by atoms with Gasteiger partial charge in [0.05, 0.1) is 0 Å². The summed E-state index contributed by atoms with van der Waals surface area (Å²) < 4.78 is 0. The Labute approximate surface area is 136 Å². The molecule has 2 aromatic carbocycles. The Morgan fingerprint density at radius 1 is 0.870 bits per heavy atom. The Morgan fingerprint density at radius 3 is 2.09 bits per heavy atom. The van der Waals surface area contributed by atoms with Crippen molar-refractivity contribution in [2.45, 2.75) is 33.1 Å². The fraction of sp³-hybridized carbons (Fsp3) is 0.263. The highest BCUT2D eigenvalue weighted by molar-refractivity contribution is 5.95. The van der Waals surface area contributed by atoms with Crippen molar-refractivity contribution in [3.8, 4) is 0 Å². The summed E-state index contributed by atoms with van der Waals surface area (Å²) in [5, 5.41) is 0. The standard InChI is InChI=1S/C19H22N2O2/c1-3-15-8-11-17(12-9-15)19(23)21-20-18(22)13-10-16-6-4-14(2)5-7-16/h4-9,11-12H,3,10,13H2,1-2H3,(H,20,22)(H,21,23). The van der Waals surface area contributed by atoms with Crippen molar-refractivity contribution >= 4 is 11.8 Å². The Hall–Kier alpha value is -2.62. The predicted molar refractivity (Wildman–Crippen MR) is 90.9 cm³/mol. The van der Waals surface area contributed by atoms with Gasteiger partial charge in [0.2, 0.25) is 5.91 Å². The molecule has 120 valence electrons. The minimum Gasteiger partial charge on any atom is -0.273 e. The van der Waals surface area contributed by atoms with E-state index < -0.39 is 0 Å². The van der Waals surface area contributed by atoms with Crippen molar-refractivity contribution in [1.82, 2.24) is 10.9 Å². The number of benzene rings is 2. The number of hydrogen-bond acceptors (Lipinski definition) is 2. The van der Waals surface area contributed by atoms with Gasteiger partial charge in [-0.25, -0.2) is 0 Å². The van der Waals surface area contributed by atoms with Crippen LogP contribution in [0.3, 0.4) is 0 Å². The van der Waals surface area contributed by atoms with Crippen LogP contribution in [0.2, 0.25) is 0 Å². The van der Waals surface area contributed by atoms with Gasteiger partial charge < -0.3 is 0 Å². The van der Waals surface area contributed by atoms with Crippen LogP contribution in [0.5, 0.6) is 0 Å². The molecule has 0 aliphatic carbocycles. The van der Waals surface area contributed by atoms with Crippen molar-refractivity contribution in [2.24, 2.45) is 0 Å². The summed E-state index contributed by atoms with van der Waals surface area (Å²) in [6.45, 7) is 4.09. The average molecular weight is 310 g/mol. The molecule has 0 fully saturated rings. The number of amides is 2. The smallest absolute Gasteiger partial charge is 0.269 e. The van der Waals surface area contributed by atoms with Crippen LogP contribution in [0.1, 0.15) is 40.4 Å². The molecule has 4 nitrogen and oxygen atoms in total. The van der Waals surface area contributed by atoms with E-state index in [1.807, 2.05) is 43.3 Å². The molecule has 2 rings (SSSR count). The molecule has 0 spiro atoms. The molecule has 0 heterocycles. The maximum atomic E-state index is 11.9. The lowest BCUT2D eigenvalue weighted by molar-refractivity contribution is -0.121. The summed E-state index contributed by atoms with van der Waals surface area (Å²) in [4.78, 5) is 23.7. The average Bonchev–Trinajstić information content (AvgIpc) is 2.59. The topological polar surface area (TPSA) is 58.2 Å². The lowest BCUT2D eigenvalue weighted by Gasteiger charge is -2.08. The quantitative estimate of drug-likeness (QED) is 0.834. The highest BCUT2D eigenvalue weighted by Crippen LogP contribution is 2.06. The van der Waals surface area contributed by atoms with Gasteiger partial charge in [0.15, 0.2) is 0 Å². The van der Waals surface area contributed by atoms with E-state index in [9.17, 15) is 9.59 Å². The molecule has 0 unspecified atom stereocenters. The monoisotopic (exact) mass is 310 g/mol. The lowest BCUT2D eigenvalue weighted by Crippen LogP contribution is -2.41. The zero-order chi connectivity index (χ0) is 16.7. The van der Waals surface area contributed by atoms with Crippen LogP contribution in [-0.4, -0.2) is 11.8 Å². The molecule has 0 aromatic heterocycles. The zero-order valence-corrected chi connectivity index (χ0v) is 13.6. The highest BCUT2D eigenvalue weighted by Gasteiger charge is 2.07.